The molecule has 16 heavy (non-hydrogen) atoms. The van der Waals surface area contributed by atoms with Gasteiger partial charge in [0.05, 0.1) is 0 Å². The quantitative estimate of drug-likeness (QED) is 0.718. The first kappa shape index (κ1) is 13.6. The van der Waals surface area contributed by atoms with Gasteiger partial charge in [0.2, 0.25) is 0 Å². The first-order chi connectivity index (χ1) is 7.54. The molecule has 90 valence electrons. The largest absolute Gasteiger partial charge is 0.616 e. The van der Waals surface area contributed by atoms with Crippen molar-refractivity contribution in [2.45, 2.75) is 46.3 Å². The highest BCUT2D eigenvalue weighted by atomic mass is 32.2. The predicted octanol–water partition coefficient (Wildman–Crippen LogP) is 3.66. The third-order valence-corrected chi connectivity index (χ3v) is 4.37. The van der Waals surface area contributed by atoms with Crippen molar-refractivity contribution in [1.29, 1.82) is 0 Å². The molecule has 0 radical (unpaired) electrons. The van der Waals surface area contributed by atoms with Crippen molar-refractivity contribution in [2.24, 2.45) is 0 Å². The van der Waals surface area contributed by atoms with Crippen LogP contribution in [0.5, 0.6) is 0 Å². The van der Waals surface area contributed by atoms with Crippen molar-refractivity contribution in [3.63, 3.8) is 0 Å². The number of hydrogen-bond acceptors (Lipinski definition) is 1. The first-order valence-electron chi connectivity index (χ1n) is 5.96. The maximum atomic E-state index is 11.8. The summed E-state index contributed by atoms with van der Waals surface area (Å²) in [6, 6.07) is 4.39. The molecule has 0 amide bonds. The van der Waals surface area contributed by atoms with E-state index in [9.17, 15) is 4.55 Å². The lowest BCUT2D eigenvalue weighted by Gasteiger charge is -2.13. The SMILES string of the molecule is CCCC[S+]([O-])Cc1cc(C)c(C)cc1C. The highest BCUT2D eigenvalue weighted by molar-refractivity contribution is 7.90. The summed E-state index contributed by atoms with van der Waals surface area (Å²) in [5.74, 6) is 1.55. The smallest absolute Gasteiger partial charge is 0.130 e. The molecule has 0 aliphatic carbocycles. The van der Waals surface area contributed by atoms with Crippen LogP contribution in [0.25, 0.3) is 0 Å². The van der Waals surface area contributed by atoms with Crippen molar-refractivity contribution >= 4 is 11.2 Å². The molecule has 0 fully saturated rings. The number of benzene rings is 1. The molecule has 0 bridgehead atoms. The second-order valence-electron chi connectivity index (χ2n) is 4.50. The Morgan fingerprint density at radius 2 is 1.69 bits per heavy atom. The summed E-state index contributed by atoms with van der Waals surface area (Å²) in [6.07, 6.45) is 2.19. The van der Waals surface area contributed by atoms with Crippen LogP contribution in [0.2, 0.25) is 0 Å². The van der Waals surface area contributed by atoms with Gasteiger partial charge in [-0.05, 0) is 55.1 Å². The summed E-state index contributed by atoms with van der Waals surface area (Å²) < 4.78 is 11.8. The van der Waals surface area contributed by atoms with E-state index in [1.807, 2.05) is 0 Å². The van der Waals surface area contributed by atoms with Crippen LogP contribution < -0.4 is 0 Å². The Bertz CT molecular complexity index is 347. The molecular weight excluding hydrogens is 216 g/mol. The van der Waals surface area contributed by atoms with Gasteiger partial charge in [-0.1, -0.05) is 25.5 Å². The fourth-order valence-electron chi connectivity index (χ4n) is 1.73. The van der Waals surface area contributed by atoms with Gasteiger partial charge < -0.3 is 4.55 Å². The van der Waals surface area contributed by atoms with Crippen LogP contribution >= 0.6 is 0 Å². The molecule has 1 aromatic carbocycles. The van der Waals surface area contributed by atoms with Crippen LogP contribution in [0.15, 0.2) is 12.1 Å². The van der Waals surface area contributed by atoms with Crippen LogP contribution in [-0.2, 0) is 16.9 Å². The standard InChI is InChI=1S/C14H22OS/c1-5-6-7-16(15)10-14-9-12(3)11(2)8-13(14)4/h8-9H,5-7,10H2,1-4H3. The van der Waals surface area contributed by atoms with E-state index >= 15 is 0 Å². The van der Waals surface area contributed by atoms with Crippen LogP contribution in [0.1, 0.15) is 42.0 Å². The molecule has 0 aliphatic rings. The fourth-order valence-corrected chi connectivity index (χ4v) is 3.14. The van der Waals surface area contributed by atoms with Crippen molar-refractivity contribution in [3.8, 4) is 0 Å². The van der Waals surface area contributed by atoms with E-state index in [1.54, 1.807) is 0 Å². The lowest BCUT2D eigenvalue weighted by molar-refractivity contribution is 0.590. The third kappa shape index (κ3) is 3.84. The summed E-state index contributed by atoms with van der Waals surface area (Å²) in [4.78, 5) is 0. The fraction of sp³-hybridized carbons (Fsp3) is 0.571. The number of rotatable bonds is 5. The summed E-state index contributed by atoms with van der Waals surface area (Å²) in [7, 11) is 0. The van der Waals surface area contributed by atoms with E-state index in [0.717, 1.165) is 18.6 Å². The summed E-state index contributed by atoms with van der Waals surface area (Å²) in [5, 5.41) is 0. The molecule has 1 rings (SSSR count). The molecular formula is C14H22OS. The van der Waals surface area contributed by atoms with Crippen molar-refractivity contribution in [3.05, 3.63) is 34.4 Å². The summed E-state index contributed by atoms with van der Waals surface area (Å²) in [6.45, 7) is 8.49. The maximum Gasteiger partial charge on any atom is 0.130 e. The highest BCUT2D eigenvalue weighted by Crippen LogP contribution is 2.18. The van der Waals surface area contributed by atoms with Crippen LogP contribution in [-0.4, -0.2) is 10.3 Å². The molecule has 1 atom stereocenters. The predicted molar refractivity (Wildman–Crippen MR) is 72.3 cm³/mol. The second-order valence-corrected chi connectivity index (χ2v) is 6.08. The Morgan fingerprint density at radius 1 is 1.06 bits per heavy atom. The Balaban J connectivity index is 2.69. The average molecular weight is 238 g/mol. The van der Waals surface area contributed by atoms with Gasteiger partial charge in [-0.3, -0.25) is 0 Å². The molecule has 0 saturated carbocycles. The van der Waals surface area contributed by atoms with Gasteiger partial charge in [0.15, 0.2) is 0 Å². The average Bonchev–Trinajstić information content (AvgIpc) is 2.23. The molecule has 0 spiro atoms. The Morgan fingerprint density at radius 3 is 2.31 bits per heavy atom. The molecule has 0 heterocycles. The monoisotopic (exact) mass is 238 g/mol. The zero-order valence-corrected chi connectivity index (χ0v) is 11.6. The minimum atomic E-state index is -0.696. The second kappa shape index (κ2) is 6.31. The normalized spacial score (nSPS) is 12.8. The lowest BCUT2D eigenvalue weighted by Crippen LogP contribution is -2.10. The lowest BCUT2D eigenvalue weighted by atomic mass is 10.0. The maximum absolute atomic E-state index is 11.8. The Labute approximate surface area is 102 Å². The van der Waals surface area contributed by atoms with Gasteiger partial charge in [0, 0.05) is 5.56 Å². The van der Waals surface area contributed by atoms with Crippen molar-refractivity contribution in [1.82, 2.24) is 0 Å². The highest BCUT2D eigenvalue weighted by Gasteiger charge is 2.10. The van der Waals surface area contributed by atoms with Crippen molar-refractivity contribution < 1.29 is 4.55 Å². The molecule has 1 aromatic rings. The molecule has 0 saturated heterocycles. The van der Waals surface area contributed by atoms with Gasteiger partial charge in [-0.2, -0.15) is 0 Å². The first-order valence-corrected chi connectivity index (χ1v) is 7.45. The van der Waals surface area contributed by atoms with Gasteiger partial charge in [0.25, 0.3) is 0 Å². The molecule has 2 heteroatoms. The zero-order chi connectivity index (χ0) is 12.1. The summed E-state index contributed by atoms with van der Waals surface area (Å²) in [5.41, 5.74) is 5.14. The molecule has 0 aliphatic heterocycles. The number of aryl methyl sites for hydroxylation is 3. The minimum absolute atomic E-state index is 0.696. The molecule has 0 aromatic heterocycles. The Hall–Kier alpha value is -0.470. The summed E-state index contributed by atoms with van der Waals surface area (Å²) >= 11 is -0.696. The van der Waals surface area contributed by atoms with Gasteiger partial charge in [-0.15, -0.1) is 0 Å². The minimum Gasteiger partial charge on any atom is -0.616 e. The molecule has 1 nitrogen and oxygen atoms in total. The van der Waals surface area contributed by atoms with Crippen LogP contribution in [0.3, 0.4) is 0 Å². The van der Waals surface area contributed by atoms with E-state index in [-0.39, 0.29) is 0 Å². The number of hydrogen-bond donors (Lipinski definition) is 0. The van der Waals surface area contributed by atoms with Crippen LogP contribution in [0.4, 0.5) is 0 Å². The van der Waals surface area contributed by atoms with Crippen LogP contribution in [0, 0.1) is 20.8 Å². The van der Waals surface area contributed by atoms with Gasteiger partial charge in [-0.25, -0.2) is 0 Å². The number of unbranched alkanes of at least 4 members (excludes halogenated alkanes) is 1. The van der Waals surface area contributed by atoms with E-state index < -0.39 is 11.2 Å². The van der Waals surface area contributed by atoms with E-state index in [1.165, 1.54) is 22.3 Å². The van der Waals surface area contributed by atoms with Gasteiger partial charge >= 0.3 is 0 Å². The van der Waals surface area contributed by atoms with E-state index in [0.29, 0.717) is 5.75 Å². The molecule has 1 unspecified atom stereocenters. The zero-order valence-electron chi connectivity index (χ0n) is 10.8. The van der Waals surface area contributed by atoms with Gasteiger partial charge in [0.1, 0.15) is 11.5 Å². The van der Waals surface area contributed by atoms with E-state index in [2.05, 4.69) is 39.8 Å². The third-order valence-electron chi connectivity index (χ3n) is 2.99. The van der Waals surface area contributed by atoms with Crippen molar-refractivity contribution in [2.75, 3.05) is 5.75 Å². The topological polar surface area (TPSA) is 23.1 Å². The van der Waals surface area contributed by atoms with E-state index in [4.69, 9.17) is 0 Å². The molecule has 0 N–H and O–H groups in total. The Kier molecular flexibility index (Phi) is 5.36.